The molecule has 1 aliphatic rings. The van der Waals surface area contributed by atoms with Crippen LogP contribution in [0, 0.1) is 0 Å². The van der Waals surface area contributed by atoms with E-state index in [9.17, 15) is 13.6 Å². The Labute approximate surface area is 104 Å². The van der Waals surface area contributed by atoms with Gasteiger partial charge in [0.1, 0.15) is 0 Å². The zero-order valence-corrected chi connectivity index (χ0v) is 10.1. The molecule has 0 saturated carbocycles. The molecule has 1 aliphatic heterocycles. The highest BCUT2D eigenvalue weighted by molar-refractivity contribution is 5.82. The summed E-state index contributed by atoms with van der Waals surface area (Å²) in [7, 11) is 0. The minimum Gasteiger partial charge on any atom is -0.350 e. The summed E-state index contributed by atoms with van der Waals surface area (Å²) >= 11 is 0. The van der Waals surface area contributed by atoms with Gasteiger partial charge in [-0.3, -0.25) is 10.1 Å². The Morgan fingerprint density at radius 2 is 2.50 bits per heavy atom. The minimum atomic E-state index is -2.78. The van der Waals surface area contributed by atoms with E-state index in [1.54, 1.807) is 18.7 Å². The van der Waals surface area contributed by atoms with Crippen LogP contribution in [0.2, 0.25) is 0 Å². The summed E-state index contributed by atoms with van der Waals surface area (Å²) in [6.45, 7) is 1.96. The number of hydrogen-bond acceptors (Lipinski definition) is 3. The van der Waals surface area contributed by atoms with E-state index >= 15 is 0 Å². The van der Waals surface area contributed by atoms with Crippen LogP contribution in [0.4, 0.5) is 8.78 Å². The zero-order valence-electron chi connectivity index (χ0n) is 10.1. The fourth-order valence-electron chi connectivity index (χ4n) is 2.00. The third kappa shape index (κ3) is 3.25. The number of carbonyl (C=O) groups excluding carboxylic acids is 1. The number of amides is 1. The minimum absolute atomic E-state index is 0.136. The fourth-order valence-corrected chi connectivity index (χ4v) is 2.00. The predicted octanol–water partition coefficient (Wildman–Crippen LogP) is 0.385. The van der Waals surface area contributed by atoms with E-state index in [1.165, 1.54) is 0 Å². The molecule has 1 amide bonds. The molecule has 2 atom stereocenters. The number of rotatable bonds is 4. The van der Waals surface area contributed by atoms with Gasteiger partial charge in [-0.25, -0.2) is 13.8 Å². The number of nitrogens with one attached hydrogen (secondary N) is 2. The summed E-state index contributed by atoms with van der Waals surface area (Å²) < 4.78 is 27.7. The Morgan fingerprint density at radius 1 is 1.72 bits per heavy atom. The summed E-state index contributed by atoms with van der Waals surface area (Å²) in [6, 6.07) is -0.937. The van der Waals surface area contributed by atoms with Crippen molar-refractivity contribution < 1.29 is 13.6 Å². The first-order valence-electron chi connectivity index (χ1n) is 5.83. The second kappa shape index (κ2) is 5.01. The molecular formula is C11H16F2N4O. The number of alkyl halides is 2. The molecule has 1 aromatic rings. The monoisotopic (exact) mass is 258 g/mol. The van der Waals surface area contributed by atoms with Gasteiger partial charge in [0.2, 0.25) is 5.91 Å². The summed E-state index contributed by atoms with van der Waals surface area (Å²) in [5.74, 6) is -3.16. The maximum Gasteiger partial charge on any atom is 0.262 e. The number of aromatic nitrogens is 2. The van der Waals surface area contributed by atoms with Gasteiger partial charge in [0.15, 0.2) is 0 Å². The quantitative estimate of drug-likeness (QED) is 0.821. The second-order valence-corrected chi connectivity index (χ2v) is 4.66. The molecule has 1 fully saturated rings. The zero-order chi connectivity index (χ0) is 13.2. The van der Waals surface area contributed by atoms with Gasteiger partial charge in [0.25, 0.3) is 5.92 Å². The summed E-state index contributed by atoms with van der Waals surface area (Å²) in [6.07, 6.45) is 4.64. The Morgan fingerprint density at radius 3 is 3.06 bits per heavy atom. The molecule has 0 spiro atoms. The molecule has 0 radical (unpaired) electrons. The van der Waals surface area contributed by atoms with Crippen molar-refractivity contribution in [2.45, 2.75) is 37.9 Å². The lowest BCUT2D eigenvalue weighted by atomic mass is 10.1. The van der Waals surface area contributed by atoms with Crippen molar-refractivity contribution in [1.82, 2.24) is 20.2 Å². The van der Waals surface area contributed by atoms with Gasteiger partial charge in [-0.15, -0.1) is 0 Å². The van der Waals surface area contributed by atoms with Gasteiger partial charge in [-0.1, -0.05) is 0 Å². The maximum atomic E-state index is 12.9. The van der Waals surface area contributed by atoms with Crippen molar-refractivity contribution in [1.29, 1.82) is 0 Å². The van der Waals surface area contributed by atoms with E-state index in [4.69, 9.17) is 0 Å². The van der Waals surface area contributed by atoms with Crippen LogP contribution in [0.3, 0.4) is 0 Å². The van der Waals surface area contributed by atoms with E-state index in [0.29, 0.717) is 6.54 Å². The van der Waals surface area contributed by atoms with Crippen LogP contribution in [0.1, 0.15) is 13.3 Å². The largest absolute Gasteiger partial charge is 0.350 e. The molecule has 0 aliphatic carbocycles. The highest BCUT2D eigenvalue weighted by atomic mass is 19.3. The fraction of sp³-hybridized carbons (Fsp3) is 0.636. The third-order valence-corrected chi connectivity index (χ3v) is 2.86. The molecule has 2 unspecified atom stereocenters. The van der Waals surface area contributed by atoms with Crippen molar-refractivity contribution in [2.75, 3.05) is 6.54 Å². The summed E-state index contributed by atoms with van der Waals surface area (Å²) in [5.41, 5.74) is 0. The Bertz CT molecular complexity index is 407. The van der Waals surface area contributed by atoms with Gasteiger partial charge >= 0.3 is 0 Å². The van der Waals surface area contributed by atoms with Gasteiger partial charge in [-0.05, 0) is 6.92 Å². The Balaban J connectivity index is 1.81. The van der Waals surface area contributed by atoms with Crippen LogP contribution in [-0.4, -0.2) is 40.0 Å². The van der Waals surface area contributed by atoms with E-state index < -0.39 is 24.9 Å². The number of imidazole rings is 1. The molecule has 2 N–H and O–H groups in total. The standard InChI is InChI=1S/C11H16F2N4O/c1-8(5-17-3-2-14-7-17)16-10(18)9-4-11(12,13)6-15-9/h2-3,7-9,15H,4-6H2,1H3,(H,16,18). The molecule has 2 rings (SSSR count). The van der Waals surface area contributed by atoms with Gasteiger partial charge in [0, 0.05) is 31.4 Å². The maximum absolute atomic E-state index is 12.9. The Hall–Kier alpha value is -1.50. The Kier molecular flexibility index (Phi) is 3.60. The van der Waals surface area contributed by atoms with E-state index in [2.05, 4.69) is 15.6 Å². The van der Waals surface area contributed by atoms with Crippen molar-refractivity contribution in [3.05, 3.63) is 18.7 Å². The summed E-state index contributed by atoms with van der Waals surface area (Å²) in [4.78, 5) is 15.6. The smallest absolute Gasteiger partial charge is 0.262 e. The average Bonchev–Trinajstić information content (AvgIpc) is 2.87. The van der Waals surface area contributed by atoms with Gasteiger partial charge in [-0.2, -0.15) is 0 Å². The average molecular weight is 258 g/mol. The van der Waals surface area contributed by atoms with Crippen LogP contribution >= 0.6 is 0 Å². The summed E-state index contributed by atoms with van der Waals surface area (Å²) in [5, 5.41) is 5.24. The third-order valence-electron chi connectivity index (χ3n) is 2.86. The predicted molar refractivity (Wildman–Crippen MR) is 61.2 cm³/mol. The van der Waals surface area contributed by atoms with Crippen molar-refractivity contribution in [3.63, 3.8) is 0 Å². The van der Waals surface area contributed by atoms with Crippen LogP contribution in [0.15, 0.2) is 18.7 Å². The lowest BCUT2D eigenvalue weighted by Gasteiger charge is -2.17. The molecule has 0 aromatic carbocycles. The lowest BCUT2D eigenvalue weighted by molar-refractivity contribution is -0.124. The van der Waals surface area contributed by atoms with Crippen LogP contribution in [0.25, 0.3) is 0 Å². The lowest BCUT2D eigenvalue weighted by Crippen LogP contribution is -2.45. The van der Waals surface area contributed by atoms with Crippen LogP contribution < -0.4 is 10.6 Å². The molecule has 0 bridgehead atoms. The van der Waals surface area contributed by atoms with E-state index in [0.717, 1.165) is 0 Å². The molecule has 5 nitrogen and oxygen atoms in total. The molecule has 7 heteroatoms. The SMILES string of the molecule is CC(Cn1ccnc1)NC(=O)C1CC(F)(F)CN1. The first-order chi connectivity index (χ1) is 8.46. The highest BCUT2D eigenvalue weighted by Gasteiger charge is 2.42. The van der Waals surface area contributed by atoms with Crippen molar-refractivity contribution in [3.8, 4) is 0 Å². The molecule has 1 aromatic heterocycles. The highest BCUT2D eigenvalue weighted by Crippen LogP contribution is 2.25. The van der Waals surface area contributed by atoms with Crippen LogP contribution in [0.5, 0.6) is 0 Å². The molecule has 1 saturated heterocycles. The molecule has 2 heterocycles. The topological polar surface area (TPSA) is 59.0 Å². The van der Waals surface area contributed by atoms with Crippen molar-refractivity contribution in [2.24, 2.45) is 0 Å². The number of halogens is 2. The first-order valence-corrected chi connectivity index (χ1v) is 5.83. The molecule has 18 heavy (non-hydrogen) atoms. The van der Waals surface area contributed by atoms with Gasteiger partial charge < -0.3 is 9.88 Å². The number of nitrogens with zero attached hydrogens (tertiary/aromatic N) is 2. The number of carbonyl (C=O) groups is 1. The molecular weight excluding hydrogens is 242 g/mol. The van der Waals surface area contributed by atoms with Crippen molar-refractivity contribution >= 4 is 5.91 Å². The van der Waals surface area contributed by atoms with Gasteiger partial charge in [0.05, 0.1) is 18.9 Å². The van der Waals surface area contributed by atoms with E-state index in [-0.39, 0.29) is 11.9 Å². The number of hydrogen-bond donors (Lipinski definition) is 2. The van der Waals surface area contributed by atoms with E-state index in [1.807, 2.05) is 11.5 Å². The second-order valence-electron chi connectivity index (χ2n) is 4.66. The van der Waals surface area contributed by atoms with Crippen LogP contribution in [-0.2, 0) is 11.3 Å². The molecule has 100 valence electrons. The first kappa shape index (κ1) is 12.9. The normalized spacial score (nSPS) is 23.8.